The van der Waals surface area contributed by atoms with Gasteiger partial charge in [0, 0.05) is 32.5 Å². The van der Waals surface area contributed by atoms with Crippen molar-refractivity contribution in [2.24, 2.45) is 0 Å². The molecule has 0 aliphatic rings. The smallest absolute Gasteiger partial charge is 0.244 e. The van der Waals surface area contributed by atoms with E-state index in [0.717, 1.165) is 37.8 Å². The number of amides is 1. The van der Waals surface area contributed by atoms with Gasteiger partial charge < -0.3 is 10.3 Å². The average Bonchev–Trinajstić information content (AvgIpc) is 3.51. The maximum atomic E-state index is 13.4. The molecule has 0 radical (unpaired) electrons. The predicted octanol–water partition coefficient (Wildman–Crippen LogP) is 5.89. The molecule has 0 bridgehead atoms. The highest BCUT2D eigenvalue weighted by Gasteiger charge is 2.28. The number of sulfonamides is 1. The largest absolute Gasteiger partial charge is 0.361 e. The highest BCUT2D eigenvalue weighted by molar-refractivity contribution is 9.10. The molecule has 0 saturated carbocycles. The van der Waals surface area contributed by atoms with Gasteiger partial charge in [-0.1, -0.05) is 64.0 Å². The molecule has 2 aromatic heterocycles. The van der Waals surface area contributed by atoms with Gasteiger partial charge in [-0.3, -0.25) is 4.79 Å². The second-order valence-electron chi connectivity index (χ2n) is 8.58. The molecule has 37 heavy (non-hydrogen) atoms. The molecule has 1 amide bonds. The normalized spacial score (nSPS) is 12.5. The lowest BCUT2D eigenvalue weighted by Gasteiger charge is -2.18. The average molecular weight is 596 g/mol. The Morgan fingerprint density at radius 2 is 1.78 bits per heavy atom. The molecule has 0 aliphatic heterocycles. The van der Waals surface area contributed by atoms with Crippen LogP contribution in [-0.4, -0.2) is 30.3 Å². The fraction of sp³-hybridized carbons (Fsp3) is 0.111. The van der Waals surface area contributed by atoms with Gasteiger partial charge in [-0.15, -0.1) is 11.3 Å². The zero-order valence-electron chi connectivity index (χ0n) is 19.7. The standard InChI is InChI=1S/C27H23BrN4O3S2/c1-17-6-8-18(9-7-17)25-16-36-27(30-25)31-26(33)24(14-19-15-29-23-5-3-2-4-22(19)23)32-37(34,35)21-12-10-20(28)11-13-21/h2-13,15-16,24,29,32H,14H2,1H3,(H,30,31,33)/t24-/m0/s1. The summed E-state index contributed by atoms with van der Waals surface area (Å²) in [5.41, 5.74) is 4.56. The van der Waals surface area contributed by atoms with E-state index in [9.17, 15) is 13.2 Å². The van der Waals surface area contributed by atoms with E-state index in [0.29, 0.717) is 5.13 Å². The third-order valence-electron chi connectivity index (χ3n) is 5.92. The lowest BCUT2D eigenvalue weighted by molar-refractivity contribution is -0.117. The number of aromatic nitrogens is 2. The number of fused-ring (bicyclic) bond motifs is 1. The second-order valence-corrected chi connectivity index (χ2v) is 12.1. The number of carbonyl (C=O) groups excluding carboxylic acids is 1. The number of hydrogen-bond acceptors (Lipinski definition) is 5. The maximum Gasteiger partial charge on any atom is 0.244 e. The Labute approximate surface area is 227 Å². The number of thiazole rings is 1. The first-order chi connectivity index (χ1) is 17.8. The zero-order valence-corrected chi connectivity index (χ0v) is 23.0. The number of nitrogens with zero attached hydrogens (tertiary/aromatic N) is 1. The quantitative estimate of drug-likeness (QED) is 0.208. The van der Waals surface area contributed by atoms with E-state index in [1.54, 1.807) is 18.3 Å². The summed E-state index contributed by atoms with van der Waals surface area (Å²) in [6.07, 6.45) is 1.96. The van der Waals surface area contributed by atoms with Crippen molar-refractivity contribution in [1.82, 2.24) is 14.7 Å². The molecular weight excluding hydrogens is 572 g/mol. The molecule has 10 heteroatoms. The van der Waals surface area contributed by atoms with Gasteiger partial charge in [0.15, 0.2) is 5.13 Å². The van der Waals surface area contributed by atoms with Crippen molar-refractivity contribution < 1.29 is 13.2 Å². The van der Waals surface area contributed by atoms with E-state index in [1.165, 1.54) is 23.5 Å². The number of aryl methyl sites for hydroxylation is 1. The molecule has 7 nitrogen and oxygen atoms in total. The SMILES string of the molecule is Cc1ccc(-c2csc(NC(=O)[C@H](Cc3c[nH]c4ccccc34)NS(=O)(=O)c3ccc(Br)cc3)n2)cc1. The summed E-state index contributed by atoms with van der Waals surface area (Å²) in [6, 6.07) is 20.8. The number of H-pyrrole nitrogens is 1. The Morgan fingerprint density at radius 3 is 2.54 bits per heavy atom. The maximum absolute atomic E-state index is 13.4. The van der Waals surface area contributed by atoms with Crippen LogP contribution in [0.3, 0.4) is 0 Å². The first-order valence-electron chi connectivity index (χ1n) is 11.4. The summed E-state index contributed by atoms with van der Waals surface area (Å²) in [4.78, 5) is 21.2. The molecule has 188 valence electrons. The number of anilines is 1. The van der Waals surface area contributed by atoms with Crippen molar-refractivity contribution in [3.8, 4) is 11.3 Å². The topological polar surface area (TPSA) is 104 Å². The summed E-state index contributed by atoms with van der Waals surface area (Å²) in [7, 11) is -3.97. The lowest BCUT2D eigenvalue weighted by atomic mass is 10.1. The van der Waals surface area contributed by atoms with Crippen LogP contribution >= 0.6 is 27.3 Å². The minimum atomic E-state index is -3.97. The number of para-hydroxylation sites is 1. The third kappa shape index (κ3) is 5.83. The number of nitrogens with one attached hydrogen (secondary N) is 3. The molecule has 5 aromatic rings. The predicted molar refractivity (Wildman–Crippen MR) is 151 cm³/mol. The Balaban J connectivity index is 1.42. The first-order valence-corrected chi connectivity index (χ1v) is 14.6. The molecule has 5 rings (SSSR count). The van der Waals surface area contributed by atoms with Crippen molar-refractivity contribution in [3.05, 3.63) is 100.0 Å². The number of hydrogen-bond donors (Lipinski definition) is 3. The van der Waals surface area contributed by atoms with E-state index in [4.69, 9.17) is 0 Å². The first kappa shape index (κ1) is 25.3. The number of benzene rings is 3. The van der Waals surface area contributed by atoms with Crippen molar-refractivity contribution in [2.75, 3.05) is 5.32 Å². The fourth-order valence-corrected chi connectivity index (χ4v) is 6.14. The van der Waals surface area contributed by atoms with Gasteiger partial charge in [-0.25, -0.2) is 13.4 Å². The molecule has 3 aromatic carbocycles. The Kier molecular flexibility index (Phi) is 7.25. The highest BCUT2D eigenvalue weighted by Crippen LogP contribution is 2.26. The molecule has 0 unspecified atom stereocenters. The molecule has 0 saturated heterocycles. The van der Waals surface area contributed by atoms with Gasteiger partial charge in [-0.2, -0.15) is 4.72 Å². The zero-order chi connectivity index (χ0) is 26.0. The van der Waals surface area contributed by atoms with Crippen molar-refractivity contribution in [2.45, 2.75) is 24.3 Å². The van der Waals surface area contributed by atoms with Gasteiger partial charge in [-0.05, 0) is 49.2 Å². The van der Waals surface area contributed by atoms with Crippen LogP contribution in [0, 0.1) is 6.92 Å². The van der Waals surface area contributed by atoms with Crippen LogP contribution in [-0.2, 0) is 21.2 Å². The molecule has 2 heterocycles. The highest BCUT2D eigenvalue weighted by atomic mass is 79.9. The molecule has 0 fully saturated rings. The summed E-state index contributed by atoms with van der Waals surface area (Å²) >= 11 is 4.61. The minimum Gasteiger partial charge on any atom is -0.361 e. The van der Waals surface area contributed by atoms with Gasteiger partial charge in [0.2, 0.25) is 15.9 Å². The number of rotatable bonds is 8. The molecule has 3 N–H and O–H groups in total. The monoisotopic (exact) mass is 594 g/mol. The molecule has 0 aliphatic carbocycles. The molecular formula is C27H23BrN4O3S2. The Bertz CT molecular complexity index is 1660. The third-order valence-corrected chi connectivity index (χ3v) is 8.69. The van der Waals surface area contributed by atoms with Crippen molar-refractivity contribution >= 4 is 59.2 Å². The molecule has 1 atom stereocenters. The van der Waals surface area contributed by atoms with Crippen LogP contribution in [0.25, 0.3) is 22.2 Å². The van der Waals surface area contributed by atoms with E-state index >= 15 is 0 Å². The summed E-state index contributed by atoms with van der Waals surface area (Å²) in [6.45, 7) is 2.01. The van der Waals surface area contributed by atoms with Crippen molar-refractivity contribution in [1.29, 1.82) is 0 Å². The lowest BCUT2D eigenvalue weighted by Crippen LogP contribution is -2.45. The van der Waals surface area contributed by atoms with Crippen LogP contribution in [0.1, 0.15) is 11.1 Å². The summed E-state index contributed by atoms with van der Waals surface area (Å²) in [5.74, 6) is -0.490. The Hall–Kier alpha value is -3.31. The van der Waals surface area contributed by atoms with Crippen molar-refractivity contribution in [3.63, 3.8) is 0 Å². The van der Waals surface area contributed by atoms with Gasteiger partial charge in [0.25, 0.3) is 0 Å². The number of halogens is 1. The van der Waals surface area contributed by atoms with E-state index in [2.05, 4.69) is 35.9 Å². The van der Waals surface area contributed by atoms with Crippen LogP contribution in [0.2, 0.25) is 0 Å². The van der Waals surface area contributed by atoms with E-state index in [-0.39, 0.29) is 11.3 Å². The summed E-state index contributed by atoms with van der Waals surface area (Å²) < 4.78 is 29.7. The Morgan fingerprint density at radius 1 is 1.05 bits per heavy atom. The van der Waals surface area contributed by atoms with Gasteiger partial charge in [0.1, 0.15) is 6.04 Å². The van der Waals surface area contributed by atoms with E-state index < -0.39 is 22.0 Å². The summed E-state index contributed by atoms with van der Waals surface area (Å²) in [5, 5.41) is 6.00. The minimum absolute atomic E-state index is 0.0725. The second kappa shape index (κ2) is 10.6. The van der Waals surface area contributed by atoms with Crippen LogP contribution in [0.15, 0.2) is 93.7 Å². The van der Waals surface area contributed by atoms with Crippen LogP contribution in [0.5, 0.6) is 0 Å². The van der Waals surface area contributed by atoms with Crippen LogP contribution < -0.4 is 10.0 Å². The number of carbonyl (C=O) groups is 1. The van der Waals surface area contributed by atoms with Gasteiger partial charge >= 0.3 is 0 Å². The molecule has 0 spiro atoms. The van der Waals surface area contributed by atoms with Gasteiger partial charge in [0.05, 0.1) is 10.6 Å². The number of aromatic amines is 1. The van der Waals surface area contributed by atoms with Crippen LogP contribution in [0.4, 0.5) is 5.13 Å². The van der Waals surface area contributed by atoms with E-state index in [1.807, 2.05) is 60.8 Å². The fourth-order valence-electron chi connectivity index (χ4n) is 3.96.